The SMILES string of the molecule is C/C(=C\[C@H]1C[C@@](O)([C@@H]2CC[C@]34C[C@]23C=CC2[C@@]3(C)CC(=O)/C(=C\C(=O)c5ccccc5)C(C)(C)[C@@H]3CC(=O)[C@]24C)C(=O)O1)CO. The summed E-state index contributed by atoms with van der Waals surface area (Å²) in [7, 11) is 0. The first-order valence-electron chi connectivity index (χ1n) is 16.4. The second-order valence-electron chi connectivity index (χ2n) is 16.0. The smallest absolute Gasteiger partial charge is 0.339 e. The minimum atomic E-state index is -1.67. The van der Waals surface area contributed by atoms with Gasteiger partial charge in [0, 0.05) is 47.1 Å². The maximum Gasteiger partial charge on any atom is 0.339 e. The van der Waals surface area contributed by atoms with E-state index in [1.807, 2.05) is 19.9 Å². The second-order valence-corrected chi connectivity index (χ2v) is 16.0. The number of hydrogen-bond donors (Lipinski definition) is 2. The lowest BCUT2D eigenvalue weighted by atomic mass is 9.38. The highest BCUT2D eigenvalue weighted by Gasteiger charge is 2.86. The third kappa shape index (κ3) is 3.71. The van der Waals surface area contributed by atoms with Crippen molar-refractivity contribution >= 4 is 23.3 Å². The number of benzene rings is 1. The summed E-state index contributed by atoms with van der Waals surface area (Å²) >= 11 is 0. The molecule has 1 unspecified atom stereocenters. The number of aliphatic hydroxyl groups excluding tert-OH is 1. The lowest BCUT2D eigenvalue weighted by Crippen LogP contribution is -2.63. The van der Waals surface area contributed by atoms with Crippen molar-refractivity contribution in [2.45, 2.75) is 84.8 Å². The summed E-state index contributed by atoms with van der Waals surface area (Å²) in [5.74, 6) is -1.38. The van der Waals surface area contributed by atoms with Crippen LogP contribution in [-0.4, -0.2) is 51.8 Å². The molecule has 0 aromatic heterocycles. The molecule has 1 heterocycles. The Morgan fingerprint density at radius 3 is 2.47 bits per heavy atom. The lowest BCUT2D eigenvalue weighted by molar-refractivity contribution is -0.169. The maximum atomic E-state index is 14.6. The Hall–Kier alpha value is -3.16. The Morgan fingerprint density at radius 2 is 1.78 bits per heavy atom. The number of allylic oxidation sites excluding steroid dienone is 4. The summed E-state index contributed by atoms with van der Waals surface area (Å²) in [6, 6.07) is 8.95. The predicted molar refractivity (Wildman–Crippen MR) is 167 cm³/mol. The average molecular weight is 613 g/mol. The average Bonchev–Trinajstić information content (AvgIpc) is 3.43. The summed E-state index contributed by atoms with van der Waals surface area (Å²) in [6.07, 6.45) is 9.72. The Labute approximate surface area is 264 Å². The van der Waals surface area contributed by atoms with E-state index in [0.717, 1.165) is 12.8 Å². The fraction of sp³-hybridized carbons (Fsp3) is 0.579. The zero-order chi connectivity index (χ0) is 32.4. The van der Waals surface area contributed by atoms with Crippen LogP contribution in [0, 0.1) is 44.8 Å². The van der Waals surface area contributed by atoms with Crippen LogP contribution in [0.15, 0.2) is 65.8 Å². The molecule has 0 amide bonds. The normalized spacial score (nSPS) is 45.4. The highest BCUT2D eigenvalue weighted by atomic mass is 16.6. The summed E-state index contributed by atoms with van der Waals surface area (Å²) in [5, 5.41) is 21.4. The molecule has 7 rings (SSSR count). The number of carbonyl (C=O) groups is 4. The molecule has 5 fully saturated rings. The molecule has 1 aromatic carbocycles. The van der Waals surface area contributed by atoms with Gasteiger partial charge < -0.3 is 14.9 Å². The van der Waals surface area contributed by atoms with Gasteiger partial charge in [0.05, 0.1) is 6.61 Å². The topological polar surface area (TPSA) is 118 Å². The molecule has 6 aliphatic rings. The van der Waals surface area contributed by atoms with Gasteiger partial charge in [-0.25, -0.2) is 4.79 Å². The van der Waals surface area contributed by atoms with E-state index < -0.39 is 44.7 Å². The quantitative estimate of drug-likeness (QED) is 0.199. The van der Waals surface area contributed by atoms with Gasteiger partial charge in [-0.1, -0.05) is 70.2 Å². The van der Waals surface area contributed by atoms with E-state index in [1.165, 1.54) is 6.08 Å². The van der Waals surface area contributed by atoms with Crippen LogP contribution in [0.3, 0.4) is 0 Å². The third-order valence-corrected chi connectivity index (χ3v) is 13.7. The Kier molecular flexibility index (Phi) is 6.40. The number of cyclic esters (lactones) is 1. The number of aliphatic hydroxyl groups is 2. The van der Waals surface area contributed by atoms with E-state index in [1.54, 1.807) is 37.3 Å². The highest BCUT2D eigenvalue weighted by molar-refractivity contribution is 6.11. The molecule has 0 radical (unpaired) electrons. The van der Waals surface area contributed by atoms with Gasteiger partial charge >= 0.3 is 5.97 Å². The van der Waals surface area contributed by atoms with Crippen LogP contribution in [0.25, 0.3) is 0 Å². The second kappa shape index (κ2) is 9.45. The predicted octanol–water partition coefficient (Wildman–Crippen LogP) is 5.35. The number of fused-ring (bicyclic) bond motifs is 3. The minimum Gasteiger partial charge on any atom is -0.456 e. The molecule has 1 aliphatic heterocycles. The largest absolute Gasteiger partial charge is 0.456 e. The maximum absolute atomic E-state index is 14.6. The summed E-state index contributed by atoms with van der Waals surface area (Å²) in [5.41, 5.74) is -2.78. The van der Waals surface area contributed by atoms with Crippen LogP contribution in [-0.2, 0) is 19.1 Å². The van der Waals surface area contributed by atoms with Crippen LogP contribution in [0.4, 0.5) is 0 Å². The standard InChI is InChI=1S/C38H44O7/c1-22(20-39)15-24-18-38(44,32(43)45-24)29-12-14-37-21-36(29,37)13-11-28-34(4)19-27(41)25(16-26(40)23-9-7-6-8-10-23)33(2,3)30(34)17-31(42)35(28,37)5/h6-11,13,15-16,24,28-30,39,44H,12,14,17-21H2,1-5H3/b22-15+,25-16+/t24-,28?,29+,30-,34+,35-,36+,37+,38+/m0/s1. The Morgan fingerprint density at radius 1 is 1.07 bits per heavy atom. The molecule has 4 saturated carbocycles. The van der Waals surface area contributed by atoms with Gasteiger partial charge in [0.2, 0.25) is 0 Å². The number of esters is 1. The summed E-state index contributed by atoms with van der Waals surface area (Å²) in [4.78, 5) is 55.1. The van der Waals surface area contributed by atoms with E-state index >= 15 is 0 Å². The van der Waals surface area contributed by atoms with Crippen molar-refractivity contribution in [2.24, 2.45) is 44.8 Å². The molecule has 1 saturated heterocycles. The van der Waals surface area contributed by atoms with Crippen LogP contribution in [0.5, 0.6) is 0 Å². The molecule has 238 valence electrons. The molecule has 1 aromatic rings. The van der Waals surface area contributed by atoms with Crippen LogP contribution in [0.2, 0.25) is 0 Å². The monoisotopic (exact) mass is 612 g/mol. The number of ether oxygens (including phenoxy) is 1. The van der Waals surface area contributed by atoms with Crippen molar-refractivity contribution in [3.05, 3.63) is 71.3 Å². The van der Waals surface area contributed by atoms with Gasteiger partial charge in [0.1, 0.15) is 11.9 Å². The van der Waals surface area contributed by atoms with Crippen molar-refractivity contribution < 1.29 is 34.1 Å². The van der Waals surface area contributed by atoms with Crippen LogP contribution < -0.4 is 0 Å². The highest BCUT2D eigenvalue weighted by Crippen LogP contribution is 2.89. The molecule has 0 spiro atoms. The van der Waals surface area contributed by atoms with E-state index in [9.17, 15) is 29.4 Å². The molecule has 7 heteroatoms. The molecule has 2 N–H and O–H groups in total. The molecule has 7 nitrogen and oxygen atoms in total. The molecule has 0 bridgehead atoms. The molecule has 9 atom stereocenters. The molecular weight excluding hydrogens is 568 g/mol. The first-order valence-corrected chi connectivity index (χ1v) is 16.4. The van der Waals surface area contributed by atoms with Crippen molar-refractivity contribution in [3.8, 4) is 0 Å². The van der Waals surface area contributed by atoms with E-state index in [-0.39, 0.29) is 54.6 Å². The van der Waals surface area contributed by atoms with Crippen molar-refractivity contribution in [1.29, 1.82) is 0 Å². The zero-order valence-electron chi connectivity index (χ0n) is 26.9. The fourth-order valence-electron chi connectivity index (χ4n) is 11.5. The molecular formula is C38H44O7. The van der Waals surface area contributed by atoms with Crippen molar-refractivity contribution in [3.63, 3.8) is 0 Å². The summed E-state index contributed by atoms with van der Waals surface area (Å²) < 4.78 is 5.61. The first kappa shape index (κ1) is 30.5. The molecule has 5 aliphatic carbocycles. The van der Waals surface area contributed by atoms with E-state index in [0.29, 0.717) is 29.6 Å². The van der Waals surface area contributed by atoms with Gasteiger partial charge in [-0.05, 0) is 72.0 Å². The number of hydrogen-bond acceptors (Lipinski definition) is 7. The molecule has 45 heavy (non-hydrogen) atoms. The van der Waals surface area contributed by atoms with Gasteiger partial charge in [-0.2, -0.15) is 0 Å². The van der Waals surface area contributed by atoms with Crippen LogP contribution in [0.1, 0.15) is 83.5 Å². The third-order valence-electron chi connectivity index (χ3n) is 13.7. The van der Waals surface area contributed by atoms with Gasteiger partial charge in [0.15, 0.2) is 17.2 Å². The van der Waals surface area contributed by atoms with Crippen LogP contribution >= 0.6 is 0 Å². The first-order chi connectivity index (χ1) is 21.1. The van der Waals surface area contributed by atoms with E-state index in [4.69, 9.17) is 4.74 Å². The fourth-order valence-corrected chi connectivity index (χ4v) is 11.5. The summed E-state index contributed by atoms with van der Waals surface area (Å²) in [6.45, 7) is 9.88. The number of rotatable bonds is 5. The van der Waals surface area contributed by atoms with Crippen molar-refractivity contribution in [1.82, 2.24) is 0 Å². The van der Waals surface area contributed by atoms with Gasteiger partial charge in [0.25, 0.3) is 0 Å². The number of ketones is 3. The number of Topliss-reactive ketones (excluding diaryl/α,β-unsaturated/α-hetero) is 2. The van der Waals surface area contributed by atoms with Gasteiger partial charge in [-0.3, -0.25) is 14.4 Å². The lowest BCUT2D eigenvalue weighted by Gasteiger charge is -2.63. The Balaban J connectivity index is 1.24. The van der Waals surface area contributed by atoms with E-state index in [2.05, 4.69) is 26.0 Å². The Bertz CT molecular complexity index is 1620. The minimum absolute atomic E-state index is 0.0390. The van der Waals surface area contributed by atoms with Crippen molar-refractivity contribution in [2.75, 3.05) is 6.61 Å². The van der Waals surface area contributed by atoms with Gasteiger partial charge in [-0.15, -0.1) is 0 Å². The zero-order valence-corrected chi connectivity index (χ0v) is 26.9. The number of carbonyl (C=O) groups excluding carboxylic acids is 4.